The van der Waals surface area contributed by atoms with Gasteiger partial charge in [-0.2, -0.15) is 0 Å². The summed E-state index contributed by atoms with van der Waals surface area (Å²) in [5.41, 5.74) is 1.93. The largest absolute Gasteiger partial charge is 0.322 e. The Hall–Kier alpha value is -2.75. The molecule has 0 saturated heterocycles. The van der Waals surface area contributed by atoms with E-state index in [1.807, 2.05) is 6.92 Å². The van der Waals surface area contributed by atoms with Crippen LogP contribution in [0.4, 0.5) is 10.1 Å². The number of benzene rings is 2. The van der Waals surface area contributed by atoms with E-state index in [1.54, 1.807) is 42.6 Å². The molecule has 104 valence electrons. The van der Waals surface area contributed by atoms with E-state index in [4.69, 9.17) is 0 Å². The Labute approximate surface area is 121 Å². The van der Waals surface area contributed by atoms with Gasteiger partial charge >= 0.3 is 0 Å². The van der Waals surface area contributed by atoms with Gasteiger partial charge in [0.05, 0.1) is 0 Å². The van der Waals surface area contributed by atoms with Crippen LogP contribution in [0.5, 0.6) is 0 Å². The van der Waals surface area contributed by atoms with Crippen LogP contribution in [0.3, 0.4) is 0 Å². The Morgan fingerprint density at radius 3 is 2.62 bits per heavy atom. The summed E-state index contributed by atoms with van der Waals surface area (Å²) in [5, 5.41) is 3.85. The van der Waals surface area contributed by atoms with E-state index in [1.165, 1.54) is 12.1 Å². The van der Waals surface area contributed by atoms with Crippen molar-refractivity contribution in [3.63, 3.8) is 0 Å². The van der Waals surface area contributed by atoms with Crippen molar-refractivity contribution in [3.05, 3.63) is 71.8 Å². The first kappa shape index (κ1) is 13.2. The number of anilines is 1. The van der Waals surface area contributed by atoms with Crippen LogP contribution in [-0.2, 0) is 0 Å². The highest BCUT2D eigenvalue weighted by Gasteiger charge is 2.12. The molecule has 0 radical (unpaired) electrons. The molecule has 4 heteroatoms. The molecule has 0 aliphatic heterocycles. The Morgan fingerprint density at radius 1 is 1.10 bits per heavy atom. The molecular formula is C17H13FN2O. The highest BCUT2D eigenvalue weighted by molar-refractivity contribution is 6.13. The monoisotopic (exact) mass is 280 g/mol. The fraction of sp³-hybridized carbons (Fsp3) is 0.0588. The number of rotatable bonds is 2. The molecular weight excluding hydrogens is 267 g/mol. The number of hydrogen-bond donors (Lipinski definition) is 1. The van der Waals surface area contributed by atoms with Gasteiger partial charge in [0.1, 0.15) is 5.82 Å². The third-order valence-electron chi connectivity index (χ3n) is 3.27. The van der Waals surface area contributed by atoms with Crippen LogP contribution < -0.4 is 5.32 Å². The zero-order chi connectivity index (χ0) is 14.8. The highest BCUT2D eigenvalue weighted by atomic mass is 19.1. The second-order valence-corrected chi connectivity index (χ2v) is 4.78. The van der Waals surface area contributed by atoms with E-state index in [0.717, 1.165) is 5.69 Å². The van der Waals surface area contributed by atoms with Crippen molar-refractivity contribution in [2.45, 2.75) is 6.92 Å². The lowest BCUT2D eigenvalue weighted by Crippen LogP contribution is -2.12. The molecule has 0 saturated carbocycles. The maximum absolute atomic E-state index is 13.8. The Bertz CT molecular complexity index is 830. The van der Waals surface area contributed by atoms with Crippen LogP contribution in [-0.4, -0.2) is 10.9 Å². The Balaban J connectivity index is 2.01. The van der Waals surface area contributed by atoms with E-state index >= 15 is 0 Å². The number of halogens is 1. The Morgan fingerprint density at radius 2 is 1.86 bits per heavy atom. The van der Waals surface area contributed by atoms with Gasteiger partial charge in [-0.25, -0.2) is 4.39 Å². The molecule has 3 nitrogen and oxygen atoms in total. The van der Waals surface area contributed by atoms with Gasteiger partial charge in [-0.05, 0) is 36.6 Å². The standard InChI is InChI=1S/C17H13FN2O/c1-11-10-12(8-9-19-11)20-17(21)15-6-7-16(18)14-5-3-2-4-13(14)15/h2-10H,1H3,(H,19,20,21). The summed E-state index contributed by atoms with van der Waals surface area (Å²) >= 11 is 0. The number of nitrogens with zero attached hydrogens (tertiary/aromatic N) is 1. The van der Waals surface area contributed by atoms with E-state index in [2.05, 4.69) is 10.3 Å². The first-order valence-corrected chi connectivity index (χ1v) is 6.56. The van der Waals surface area contributed by atoms with Gasteiger partial charge in [-0.1, -0.05) is 24.3 Å². The van der Waals surface area contributed by atoms with Crippen LogP contribution in [0.1, 0.15) is 16.1 Å². The lowest BCUT2D eigenvalue weighted by molar-refractivity contribution is 0.102. The fourth-order valence-corrected chi connectivity index (χ4v) is 2.28. The summed E-state index contributed by atoms with van der Waals surface area (Å²) in [6.07, 6.45) is 1.63. The molecule has 0 unspecified atom stereocenters. The second-order valence-electron chi connectivity index (χ2n) is 4.78. The summed E-state index contributed by atoms with van der Waals surface area (Å²) in [7, 11) is 0. The van der Waals surface area contributed by atoms with Crippen molar-refractivity contribution < 1.29 is 9.18 Å². The zero-order valence-corrected chi connectivity index (χ0v) is 11.4. The maximum atomic E-state index is 13.8. The van der Waals surface area contributed by atoms with E-state index < -0.39 is 0 Å². The lowest BCUT2D eigenvalue weighted by Gasteiger charge is -2.09. The fourth-order valence-electron chi connectivity index (χ4n) is 2.28. The molecule has 1 N–H and O–H groups in total. The van der Waals surface area contributed by atoms with Gasteiger partial charge in [0.15, 0.2) is 0 Å². The van der Waals surface area contributed by atoms with Gasteiger partial charge in [0, 0.05) is 28.5 Å². The minimum absolute atomic E-state index is 0.267. The number of aryl methyl sites for hydroxylation is 1. The predicted octanol–water partition coefficient (Wildman–Crippen LogP) is 3.93. The molecule has 1 aromatic heterocycles. The third-order valence-corrected chi connectivity index (χ3v) is 3.27. The van der Waals surface area contributed by atoms with Gasteiger partial charge in [0.2, 0.25) is 0 Å². The summed E-state index contributed by atoms with van der Waals surface area (Å²) < 4.78 is 13.8. The number of hydrogen-bond acceptors (Lipinski definition) is 2. The molecule has 0 aliphatic carbocycles. The smallest absolute Gasteiger partial charge is 0.256 e. The first-order chi connectivity index (χ1) is 10.1. The van der Waals surface area contributed by atoms with Gasteiger partial charge in [-0.3, -0.25) is 9.78 Å². The molecule has 0 atom stereocenters. The molecule has 3 aromatic rings. The topological polar surface area (TPSA) is 42.0 Å². The molecule has 2 aromatic carbocycles. The summed E-state index contributed by atoms with van der Waals surface area (Å²) in [6.45, 7) is 1.85. The van der Waals surface area contributed by atoms with E-state index in [9.17, 15) is 9.18 Å². The molecule has 0 bridgehead atoms. The normalized spacial score (nSPS) is 10.6. The van der Waals surface area contributed by atoms with Gasteiger partial charge in [-0.15, -0.1) is 0 Å². The Kier molecular flexibility index (Phi) is 3.36. The summed E-state index contributed by atoms with van der Waals surface area (Å²) in [5.74, 6) is -0.598. The minimum atomic E-state index is -0.332. The molecule has 1 heterocycles. The van der Waals surface area contributed by atoms with Crippen molar-refractivity contribution in [1.82, 2.24) is 4.98 Å². The van der Waals surface area contributed by atoms with Crippen molar-refractivity contribution in [1.29, 1.82) is 0 Å². The van der Waals surface area contributed by atoms with E-state index in [0.29, 0.717) is 22.0 Å². The minimum Gasteiger partial charge on any atom is -0.322 e. The van der Waals surface area contributed by atoms with Crippen LogP contribution in [0.15, 0.2) is 54.7 Å². The molecule has 21 heavy (non-hydrogen) atoms. The molecule has 0 spiro atoms. The number of amides is 1. The molecule has 1 amide bonds. The molecule has 0 fully saturated rings. The quantitative estimate of drug-likeness (QED) is 0.772. The van der Waals surface area contributed by atoms with Gasteiger partial charge < -0.3 is 5.32 Å². The third kappa shape index (κ3) is 2.60. The second kappa shape index (κ2) is 5.32. The lowest BCUT2D eigenvalue weighted by atomic mass is 10.0. The van der Waals surface area contributed by atoms with Crippen LogP contribution in [0.2, 0.25) is 0 Å². The number of fused-ring (bicyclic) bond motifs is 1. The number of pyridine rings is 1. The maximum Gasteiger partial charge on any atom is 0.256 e. The van der Waals surface area contributed by atoms with Crippen molar-refractivity contribution >= 4 is 22.4 Å². The molecule has 3 rings (SSSR count). The van der Waals surface area contributed by atoms with E-state index in [-0.39, 0.29) is 11.7 Å². The SMILES string of the molecule is Cc1cc(NC(=O)c2ccc(F)c3ccccc23)ccn1. The summed E-state index contributed by atoms with van der Waals surface area (Å²) in [4.78, 5) is 16.5. The predicted molar refractivity (Wildman–Crippen MR) is 80.8 cm³/mol. The van der Waals surface area contributed by atoms with Crippen LogP contribution in [0.25, 0.3) is 10.8 Å². The highest BCUT2D eigenvalue weighted by Crippen LogP contribution is 2.22. The van der Waals surface area contributed by atoms with Gasteiger partial charge in [0.25, 0.3) is 5.91 Å². The summed E-state index contributed by atoms with van der Waals surface area (Å²) in [6, 6.07) is 13.3. The first-order valence-electron chi connectivity index (χ1n) is 6.56. The number of nitrogens with one attached hydrogen (secondary N) is 1. The number of carbonyl (C=O) groups excluding carboxylic acids is 1. The van der Waals surface area contributed by atoms with Crippen LogP contribution >= 0.6 is 0 Å². The van der Waals surface area contributed by atoms with Crippen molar-refractivity contribution in [2.24, 2.45) is 0 Å². The average Bonchev–Trinajstić information content (AvgIpc) is 2.48. The number of aromatic nitrogens is 1. The average molecular weight is 280 g/mol. The zero-order valence-electron chi connectivity index (χ0n) is 11.4. The number of carbonyl (C=O) groups is 1. The molecule has 0 aliphatic rings. The van der Waals surface area contributed by atoms with Crippen molar-refractivity contribution in [2.75, 3.05) is 5.32 Å². The van der Waals surface area contributed by atoms with Crippen molar-refractivity contribution in [3.8, 4) is 0 Å². The van der Waals surface area contributed by atoms with Crippen LogP contribution in [0, 0.1) is 12.7 Å².